The SMILES string of the molecule is CCC(=O)c1cc(Cl)ccc1OCC(=O)Nc1cccc(OC)c1. The highest BCUT2D eigenvalue weighted by Crippen LogP contribution is 2.24. The smallest absolute Gasteiger partial charge is 0.262 e. The third kappa shape index (κ3) is 4.73. The molecule has 0 aliphatic rings. The first-order valence-electron chi connectivity index (χ1n) is 7.43. The summed E-state index contributed by atoms with van der Waals surface area (Å²) in [5.41, 5.74) is 0.975. The van der Waals surface area contributed by atoms with Gasteiger partial charge in [-0.2, -0.15) is 0 Å². The fourth-order valence-corrected chi connectivity index (χ4v) is 2.25. The van der Waals surface area contributed by atoms with Crippen LogP contribution in [0.3, 0.4) is 0 Å². The van der Waals surface area contributed by atoms with E-state index in [4.69, 9.17) is 21.1 Å². The van der Waals surface area contributed by atoms with Gasteiger partial charge in [-0.1, -0.05) is 24.6 Å². The number of methoxy groups -OCH3 is 1. The molecule has 0 aromatic heterocycles. The van der Waals surface area contributed by atoms with E-state index in [1.807, 2.05) is 0 Å². The summed E-state index contributed by atoms with van der Waals surface area (Å²) < 4.78 is 10.6. The van der Waals surface area contributed by atoms with Crippen LogP contribution in [-0.4, -0.2) is 25.4 Å². The van der Waals surface area contributed by atoms with Crippen molar-refractivity contribution >= 4 is 29.0 Å². The predicted octanol–water partition coefficient (Wildman–Crippen LogP) is 3.96. The fraction of sp³-hybridized carbons (Fsp3) is 0.222. The van der Waals surface area contributed by atoms with Crippen molar-refractivity contribution in [2.75, 3.05) is 19.0 Å². The first-order chi connectivity index (χ1) is 11.5. The fourth-order valence-electron chi connectivity index (χ4n) is 2.08. The van der Waals surface area contributed by atoms with Crippen LogP contribution in [0.5, 0.6) is 11.5 Å². The van der Waals surface area contributed by atoms with Crippen molar-refractivity contribution in [1.29, 1.82) is 0 Å². The van der Waals surface area contributed by atoms with Crippen LogP contribution in [0, 0.1) is 0 Å². The van der Waals surface area contributed by atoms with Gasteiger partial charge in [-0.25, -0.2) is 0 Å². The quantitative estimate of drug-likeness (QED) is 0.770. The van der Waals surface area contributed by atoms with E-state index < -0.39 is 0 Å². The Morgan fingerprint density at radius 1 is 1.17 bits per heavy atom. The molecule has 0 radical (unpaired) electrons. The second-order valence-electron chi connectivity index (χ2n) is 4.99. The van der Waals surface area contributed by atoms with Gasteiger partial charge < -0.3 is 14.8 Å². The van der Waals surface area contributed by atoms with Crippen LogP contribution in [0.25, 0.3) is 0 Å². The zero-order valence-electron chi connectivity index (χ0n) is 13.5. The third-order valence-corrected chi connectivity index (χ3v) is 3.51. The first-order valence-corrected chi connectivity index (χ1v) is 7.80. The molecule has 0 aliphatic carbocycles. The second-order valence-corrected chi connectivity index (χ2v) is 5.42. The number of amides is 1. The number of hydrogen-bond acceptors (Lipinski definition) is 4. The number of anilines is 1. The number of ketones is 1. The Morgan fingerprint density at radius 3 is 2.67 bits per heavy atom. The molecule has 2 rings (SSSR count). The summed E-state index contributed by atoms with van der Waals surface area (Å²) in [5.74, 6) is 0.545. The lowest BCUT2D eigenvalue weighted by molar-refractivity contribution is -0.118. The Kier molecular flexibility index (Phi) is 6.21. The molecule has 5 nitrogen and oxygen atoms in total. The Hall–Kier alpha value is -2.53. The molecule has 0 atom stereocenters. The molecular formula is C18H18ClNO4. The van der Waals surface area contributed by atoms with Crippen molar-refractivity contribution in [1.82, 2.24) is 0 Å². The van der Waals surface area contributed by atoms with E-state index in [2.05, 4.69) is 5.32 Å². The Morgan fingerprint density at radius 2 is 1.96 bits per heavy atom. The van der Waals surface area contributed by atoms with Crippen molar-refractivity contribution < 1.29 is 19.1 Å². The van der Waals surface area contributed by atoms with Crippen molar-refractivity contribution in [2.24, 2.45) is 0 Å². The standard InChI is InChI=1S/C18H18ClNO4/c1-3-16(21)15-9-12(19)7-8-17(15)24-11-18(22)20-13-5-4-6-14(10-13)23-2/h4-10H,3,11H2,1-2H3,(H,20,22). The van der Waals surface area contributed by atoms with Crippen molar-refractivity contribution in [2.45, 2.75) is 13.3 Å². The molecule has 6 heteroatoms. The van der Waals surface area contributed by atoms with Crippen molar-refractivity contribution in [3.8, 4) is 11.5 Å². The van der Waals surface area contributed by atoms with E-state index in [1.54, 1.807) is 56.5 Å². The molecule has 2 aromatic rings. The average molecular weight is 348 g/mol. The van der Waals surface area contributed by atoms with E-state index >= 15 is 0 Å². The molecule has 24 heavy (non-hydrogen) atoms. The average Bonchev–Trinajstić information content (AvgIpc) is 2.60. The van der Waals surface area contributed by atoms with E-state index in [9.17, 15) is 9.59 Å². The van der Waals surface area contributed by atoms with Crippen LogP contribution in [0.2, 0.25) is 5.02 Å². The van der Waals surface area contributed by atoms with E-state index in [0.717, 1.165) is 0 Å². The van der Waals surface area contributed by atoms with Gasteiger partial charge in [0.05, 0.1) is 12.7 Å². The molecule has 0 unspecified atom stereocenters. The second kappa shape index (κ2) is 8.36. The van der Waals surface area contributed by atoms with Crippen LogP contribution in [-0.2, 0) is 4.79 Å². The molecule has 0 aliphatic heterocycles. The van der Waals surface area contributed by atoms with Crippen LogP contribution >= 0.6 is 11.6 Å². The highest BCUT2D eigenvalue weighted by atomic mass is 35.5. The summed E-state index contributed by atoms with van der Waals surface area (Å²) in [6, 6.07) is 11.7. The van der Waals surface area contributed by atoms with E-state index in [0.29, 0.717) is 34.2 Å². The summed E-state index contributed by atoms with van der Waals surface area (Å²) in [7, 11) is 1.55. The predicted molar refractivity (Wildman–Crippen MR) is 93.2 cm³/mol. The molecule has 126 valence electrons. The van der Waals surface area contributed by atoms with Gasteiger partial charge in [0, 0.05) is 23.2 Å². The lowest BCUT2D eigenvalue weighted by Gasteiger charge is -2.11. The molecule has 2 aromatic carbocycles. The minimum absolute atomic E-state index is 0.0966. The largest absolute Gasteiger partial charge is 0.497 e. The van der Waals surface area contributed by atoms with Crippen molar-refractivity contribution in [3.05, 3.63) is 53.1 Å². The van der Waals surface area contributed by atoms with Gasteiger partial charge in [-0.3, -0.25) is 9.59 Å². The van der Waals surface area contributed by atoms with Gasteiger partial charge in [0.15, 0.2) is 12.4 Å². The number of carbonyl (C=O) groups is 2. The molecule has 0 saturated carbocycles. The molecule has 0 heterocycles. The maximum atomic E-state index is 12.0. The lowest BCUT2D eigenvalue weighted by atomic mass is 10.1. The molecular weight excluding hydrogens is 330 g/mol. The summed E-state index contributed by atoms with van der Waals surface area (Å²) in [5, 5.41) is 3.15. The highest BCUT2D eigenvalue weighted by Gasteiger charge is 2.13. The number of hydrogen-bond donors (Lipinski definition) is 1. The molecule has 1 amide bonds. The summed E-state index contributed by atoms with van der Waals surface area (Å²) in [6.45, 7) is 1.53. The van der Waals surface area contributed by atoms with E-state index in [-0.39, 0.29) is 18.3 Å². The van der Waals surface area contributed by atoms with Crippen molar-refractivity contribution in [3.63, 3.8) is 0 Å². The minimum Gasteiger partial charge on any atom is -0.497 e. The number of halogens is 1. The number of rotatable bonds is 7. The van der Waals surface area contributed by atoms with Crippen LogP contribution in [0.15, 0.2) is 42.5 Å². The number of carbonyl (C=O) groups excluding carboxylic acids is 2. The number of benzene rings is 2. The third-order valence-electron chi connectivity index (χ3n) is 3.28. The van der Waals surface area contributed by atoms with Gasteiger partial charge in [-0.05, 0) is 30.3 Å². The minimum atomic E-state index is -0.340. The van der Waals surface area contributed by atoms with Gasteiger partial charge in [-0.15, -0.1) is 0 Å². The molecule has 0 saturated heterocycles. The maximum Gasteiger partial charge on any atom is 0.262 e. The van der Waals surface area contributed by atoms with E-state index in [1.165, 1.54) is 0 Å². The zero-order chi connectivity index (χ0) is 17.5. The topological polar surface area (TPSA) is 64.6 Å². The Balaban J connectivity index is 2.02. The molecule has 1 N–H and O–H groups in total. The normalized spacial score (nSPS) is 10.1. The van der Waals surface area contributed by atoms with Gasteiger partial charge in [0.2, 0.25) is 0 Å². The molecule has 0 bridgehead atoms. The summed E-state index contributed by atoms with van der Waals surface area (Å²) in [6.07, 6.45) is 0.326. The van der Waals surface area contributed by atoms with Gasteiger partial charge >= 0.3 is 0 Å². The highest BCUT2D eigenvalue weighted by molar-refractivity contribution is 6.31. The maximum absolute atomic E-state index is 12.0. The van der Waals surface area contributed by atoms with Crippen LogP contribution in [0.4, 0.5) is 5.69 Å². The van der Waals surface area contributed by atoms with Gasteiger partial charge in [0.1, 0.15) is 11.5 Å². The molecule has 0 fully saturated rings. The number of ether oxygens (including phenoxy) is 2. The first kappa shape index (κ1) is 17.8. The zero-order valence-corrected chi connectivity index (χ0v) is 14.2. The number of Topliss-reactive ketones (excluding diaryl/α,β-unsaturated/α-hetero) is 1. The van der Waals surface area contributed by atoms with Crippen LogP contribution < -0.4 is 14.8 Å². The molecule has 0 spiro atoms. The Bertz CT molecular complexity index is 746. The summed E-state index contributed by atoms with van der Waals surface area (Å²) >= 11 is 5.92. The Labute approximate surface area is 145 Å². The number of nitrogens with one attached hydrogen (secondary N) is 1. The summed E-state index contributed by atoms with van der Waals surface area (Å²) in [4.78, 5) is 24.0. The monoisotopic (exact) mass is 347 g/mol. The van der Waals surface area contributed by atoms with Crippen LogP contribution in [0.1, 0.15) is 23.7 Å². The lowest BCUT2D eigenvalue weighted by Crippen LogP contribution is -2.20. The van der Waals surface area contributed by atoms with Gasteiger partial charge in [0.25, 0.3) is 5.91 Å².